The van der Waals surface area contributed by atoms with Crippen molar-refractivity contribution in [2.75, 3.05) is 18.0 Å². The number of nitrogens with zero attached hydrogens (tertiary/aromatic N) is 3. The first-order valence-corrected chi connectivity index (χ1v) is 10.7. The van der Waals surface area contributed by atoms with Crippen LogP contribution in [0.1, 0.15) is 45.0 Å². The number of hydrogen-bond acceptors (Lipinski definition) is 5. The van der Waals surface area contributed by atoms with E-state index in [4.69, 9.17) is 16.6 Å². The number of rotatable bonds is 6. The van der Waals surface area contributed by atoms with Crippen LogP contribution in [0.15, 0.2) is 24.3 Å². The van der Waals surface area contributed by atoms with Crippen molar-refractivity contribution < 1.29 is 4.79 Å². The van der Waals surface area contributed by atoms with E-state index in [1.807, 2.05) is 24.3 Å². The first-order chi connectivity index (χ1) is 12.9. The lowest BCUT2D eigenvalue weighted by Crippen LogP contribution is -2.46. The van der Waals surface area contributed by atoms with E-state index in [9.17, 15) is 4.79 Å². The molecule has 2 atom stereocenters. The van der Waals surface area contributed by atoms with Crippen molar-refractivity contribution in [2.45, 2.75) is 46.1 Å². The van der Waals surface area contributed by atoms with E-state index >= 15 is 0 Å². The number of carbonyl (C=O) groups excluding carboxylic acids is 1. The molecular weight excluding hydrogens is 380 g/mol. The molecule has 0 bridgehead atoms. The van der Waals surface area contributed by atoms with Crippen molar-refractivity contribution in [3.8, 4) is 0 Å². The minimum absolute atomic E-state index is 0.0172. The molecule has 2 heterocycles. The molecule has 146 valence electrons. The van der Waals surface area contributed by atoms with Crippen LogP contribution in [0.3, 0.4) is 0 Å². The van der Waals surface area contributed by atoms with E-state index < -0.39 is 0 Å². The molecule has 0 saturated carbocycles. The Kier molecular flexibility index (Phi) is 6.71. The molecule has 27 heavy (non-hydrogen) atoms. The summed E-state index contributed by atoms with van der Waals surface area (Å²) < 4.78 is 4.51. The van der Waals surface area contributed by atoms with Gasteiger partial charge in [0.15, 0.2) is 0 Å². The quantitative estimate of drug-likeness (QED) is 0.782. The van der Waals surface area contributed by atoms with Crippen molar-refractivity contribution in [1.82, 2.24) is 14.7 Å². The number of piperidine rings is 1. The Bertz CT molecular complexity index is 762. The molecule has 1 aliphatic heterocycles. The summed E-state index contributed by atoms with van der Waals surface area (Å²) in [4.78, 5) is 19.5. The number of nitrogens with one attached hydrogen (secondary N) is 1. The molecule has 3 rings (SSSR count). The predicted octanol–water partition coefficient (Wildman–Crippen LogP) is 4.16. The highest BCUT2D eigenvalue weighted by molar-refractivity contribution is 7.09. The first kappa shape index (κ1) is 20.1. The lowest BCUT2D eigenvalue weighted by Gasteiger charge is -2.32. The van der Waals surface area contributed by atoms with Crippen LogP contribution in [0.25, 0.3) is 0 Å². The highest BCUT2D eigenvalue weighted by atomic mass is 35.5. The van der Waals surface area contributed by atoms with E-state index in [1.54, 1.807) is 0 Å². The maximum absolute atomic E-state index is 12.6. The smallest absolute Gasteiger partial charge is 0.225 e. The van der Waals surface area contributed by atoms with Crippen LogP contribution in [0.5, 0.6) is 0 Å². The maximum Gasteiger partial charge on any atom is 0.225 e. The molecule has 0 unspecified atom stereocenters. The standard InChI is InChI=1S/C20H27ClN4OS/c1-13(2)14(3)22-19(26)16-5-4-10-25(12-16)20-23-18(24-27-20)11-15-6-8-17(21)9-7-15/h6-9,13-14,16H,4-5,10-12H2,1-3H3,(H,22,26)/t14-,16-/m0/s1. The van der Waals surface area contributed by atoms with Gasteiger partial charge in [-0.1, -0.05) is 37.6 Å². The van der Waals surface area contributed by atoms with Crippen LogP contribution >= 0.6 is 23.1 Å². The van der Waals surface area contributed by atoms with Crippen LogP contribution in [0, 0.1) is 11.8 Å². The maximum atomic E-state index is 12.6. The van der Waals surface area contributed by atoms with Gasteiger partial charge in [-0.2, -0.15) is 4.37 Å². The third-order valence-corrected chi connectivity index (χ3v) is 6.23. The van der Waals surface area contributed by atoms with Gasteiger partial charge >= 0.3 is 0 Å². The number of carbonyl (C=O) groups is 1. The molecule has 1 aromatic carbocycles. The highest BCUT2D eigenvalue weighted by Crippen LogP contribution is 2.26. The van der Waals surface area contributed by atoms with Crippen molar-refractivity contribution in [1.29, 1.82) is 0 Å². The fourth-order valence-electron chi connectivity index (χ4n) is 3.10. The second kappa shape index (κ2) is 9.02. The first-order valence-electron chi connectivity index (χ1n) is 9.54. The van der Waals surface area contributed by atoms with Crippen LogP contribution < -0.4 is 10.2 Å². The normalized spacial score (nSPS) is 18.6. The number of amides is 1. The van der Waals surface area contributed by atoms with E-state index in [0.29, 0.717) is 18.9 Å². The van der Waals surface area contributed by atoms with Gasteiger partial charge in [-0.25, -0.2) is 4.98 Å². The summed E-state index contributed by atoms with van der Waals surface area (Å²) in [5.41, 5.74) is 1.14. The molecule has 1 fully saturated rings. The average Bonchev–Trinajstić information content (AvgIpc) is 3.12. The van der Waals surface area contributed by atoms with Crippen LogP contribution in [-0.4, -0.2) is 34.4 Å². The Hall–Kier alpha value is -1.66. The van der Waals surface area contributed by atoms with E-state index in [-0.39, 0.29) is 17.9 Å². The average molecular weight is 407 g/mol. The Morgan fingerprint density at radius 1 is 1.33 bits per heavy atom. The zero-order valence-corrected chi connectivity index (χ0v) is 17.7. The molecule has 7 heteroatoms. The molecule has 1 amide bonds. The Balaban J connectivity index is 1.60. The van der Waals surface area contributed by atoms with Gasteiger partial charge in [-0.3, -0.25) is 4.79 Å². The predicted molar refractivity (Wildman–Crippen MR) is 112 cm³/mol. The summed E-state index contributed by atoms with van der Waals surface area (Å²) in [6.07, 6.45) is 2.63. The second-order valence-corrected chi connectivity index (χ2v) is 8.79. The molecule has 0 radical (unpaired) electrons. The molecule has 1 aliphatic rings. The molecule has 1 aromatic heterocycles. The van der Waals surface area contributed by atoms with Crippen molar-refractivity contribution in [2.24, 2.45) is 11.8 Å². The van der Waals surface area contributed by atoms with Gasteiger partial charge in [0.1, 0.15) is 5.82 Å². The Morgan fingerprint density at radius 3 is 2.78 bits per heavy atom. The monoisotopic (exact) mass is 406 g/mol. The molecule has 5 nitrogen and oxygen atoms in total. The SMILES string of the molecule is CC(C)[C@H](C)NC(=O)[C@H]1CCCN(c2nc(Cc3ccc(Cl)cc3)ns2)C1. The minimum atomic E-state index is 0.0172. The van der Waals surface area contributed by atoms with E-state index in [1.165, 1.54) is 11.5 Å². The Labute approximate surface area is 170 Å². The molecule has 1 saturated heterocycles. The van der Waals surface area contributed by atoms with E-state index in [2.05, 4.69) is 35.4 Å². The van der Waals surface area contributed by atoms with Gasteiger partial charge < -0.3 is 10.2 Å². The largest absolute Gasteiger partial charge is 0.353 e. The highest BCUT2D eigenvalue weighted by Gasteiger charge is 2.28. The van der Waals surface area contributed by atoms with Gasteiger partial charge in [0, 0.05) is 42.1 Å². The van der Waals surface area contributed by atoms with Crippen LogP contribution in [-0.2, 0) is 11.2 Å². The summed E-state index contributed by atoms with van der Waals surface area (Å²) in [6.45, 7) is 7.96. The minimum Gasteiger partial charge on any atom is -0.353 e. The summed E-state index contributed by atoms with van der Waals surface area (Å²) in [5, 5.41) is 4.80. The molecule has 0 aliphatic carbocycles. The molecule has 1 N–H and O–H groups in total. The summed E-state index contributed by atoms with van der Waals surface area (Å²) >= 11 is 7.36. The number of anilines is 1. The number of benzene rings is 1. The molecular formula is C20H27ClN4OS. The zero-order valence-electron chi connectivity index (χ0n) is 16.1. The summed E-state index contributed by atoms with van der Waals surface area (Å²) in [5.74, 6) is 1.43. The number of hydrogen-bond donors (Lipinski definition) is 1. The third-order valence-electron chi connectivity index (χ3n) is 5.17. The lowest BCUT2D eigenvalue weighted by atomic mass is 9.96. The topological polar surface area (TPSA) is 58.1 Å². The Morgan fingerprint density at radius 2 is 2.07 bits per heavy atom. The van der Waals surface area contributed by atoms with Gasteiger partial charge in [0.05, 0.1) is 5.92 Å². The number of halogens is 1. The third kappa shape index (κ3) is 5.42. The fourth-order valence-corrected chi connectivity index (χ4v) is 3.95. The zero-order chi connectivity index (χ0) is 19.4. The fraction of sp³-hybridized carbons (Fsp3) is 0.550. The molecule has 2 aromatic rings. The van der Waals surface area contributed by atoms with Gasteiger partial charge in [0.25, 0.3) is 0 Å². The van der Waals surface area contributed by atoms with Crippen LogP contribution in [0.2, 0.25) is 5.02 Å². The van der Waals surface area contributed by atoms with Crippen LogP contribution in [0.4, 0.5) is 5.13 Å². The molecule has 0 spiro atoms. The lowest BCUT2D eigenvalue weighted by molar-refractivity contribution is -0.126. The number of aromatic nitrogens is 2. The van der Waals surface area contributed by atoms with Crippen molar-refractivity contribution in [3.63, 3.8) is 0 Å². The summed E-state index contributed by atoms with van der Waals surface area (Å²) in [6, 6.07) is 7.97. The van der Waals surface area contributed by atoms with Gasteiger partial charge in [-0.05, 0) is 43.4 Å². The van der Waals surface area contributed by atoms with E-state index in [0.717, 1.165) is 40.9 Å². The van der Waals surface area contributed by atoms with Gasteiger partial charge in [0.2, 0.25) is 11.0 Å². The van der Waals surface area contributed by atoms with Gasteiger partial charge in [-0.15, -0.1) is 0 Å². The van der Waals surface area contributed by atoms with Crippen molar-refractivity contribution in [3.05, 3.63) is 40.7 Å². The van der Waals surface area contributed by atoms with Crippen molar-refractivity contribution >= 4 is 34.2 Å². The summed E-state index contributed by atoms with van der Waals surface area (Å²) in [7, 11) is 0. The second-order valence-electron chi connectivity index (χ2n) is 7.62.